The fourth-order valence-corrected chi connectivity index (χ4v) is 4.95. The first kappa shape index (κ1) is 24.2. The summed E-state index contributed by atoms with van der Waals surface area (Å²) in [5.74, 6) is 7.03. The third-order valence-corrected chi connectivity index (χ3v) is 7.47. The van der Waals surface area contributed by atoms with Crippen LogP contribution in [0, 0.1) is 5.92 Å². The molecule has 0 spiro atoms. The first-order valence-electron chi connectivity index (χ1n) is 9.91. The Morgan fingerprint density at radius 1 is 1.27 bits per heavy atom. The molecule has 0 aliphatic carbocycles. The average molecular weight is 455 g/mol. The van der Waals surface area contributed by atoms with E-state index in [1.54, 1.807) is 32.0 Å². The molecule has 3 N–H and O–H groups in total. The Morgan fingerprint density at radius 2 is 1.97 bits per heavy atom. The Bertz CT molecular complexity index is 955. The Hall–Kier alpha value is -2.11. The largest absolute Gasteiger partial charge is 0.355 e. The third kappa shape index (κ3) is 5.96. The molecule has 0 radical (unpaired) electrons. The van der Waals surface area contributed by atoms with Gasteiger partial charge < -0.3 is 11.2 Å². The average Bonchev–Trinajstić information content (AvgIpc) is 3.07. The van der Waals surface area contributed by atoms with Gasteiger partial charge in [0.1, 0.15) is 0 Å². The Balaban J connectivity index is 2.13. The quantitative estimate of drug-likeness (QED) is 0.393. The molecule has 1 amide bonds. The minimum absolute atomic E-state index is 0.0995. The number of thioether (sulfide) groups is 1. The third-order valence-electron chi connectivity index (χ3n) is 4.48. The van der Waals surface area contributed by atoms with Crippen LogP contribution in [-0.4, -0.2) is 58.9 Å². The molecule has 0 unspecified atom stereocenters. The van der Waals surface area contributed by atoms with E-state index >= 15 is 0 Å². The number of nitrogens with zero attached hydrogens (tertiary/aromatic N) is 4. The van der Waals surface area contributed by atoms with E-state index in [1.165, 1.54) is 26.8 Å². The summed E-state index contributed by atoms with van der Waals surface area (Å²) in [6, 6.07) is 6.46. The van der Waals surface area contributed by atoms with Crippen molar-refractivity contribution >= 4 is 27.7 Å². The fraction of sp³-hybridized carbons (Fsp3) is 0.526. The molecule has 2 aromatic rings. The first-order chi connectivity index (χ1) is 14.2. The summed E-state index contributed by atoms with van der Waals surface area (Å²) < 4.78 is 28.2. The minimum atomic E-state index is -3.60. The molecular weight excluding hydrogens is 424 g/mol. The van der Waals surface area contributed by atoms with Crippen LogP contribution in [0.3, 0.4) is 0 Å². The highest BCUT2D eigenvalue weighted by molar-refractivity contribution is 7.99. The molecule has 1 heterocycles. The maximum absolute atomic E-state index is 12.8. The van der Waals surface area contributed by atoms with Gasteiger partial charge in [-0.3, -0.25) is 4.79 Å². The van der Waals surface area contributed by atoms with Gasteiger partial charge in [-0.15, -0.1) is 10.2 Å². The van der Waals surface area contributed by atoms with Gasteiger partial charge in [-0.1, -0.05) is 51.6 Å². The minimum Gasteiger partial charge on any atom is -0.355 e. The molecule has 0 aliphatic heterocycles. The van der Waals surface area contributed by atoms with E-state index in [1.807, 2.05) is 0 Å². The Labute approximate surface area is 182 Å². The molecule has 9 nitrogen and oxygen atoms in total. The zero-order valence-corrected chi connectivity index (χ0v) is 19.5. The van der Waals surface area contributed by atoms with Crippen molar-refractivity contribution in [3.05, 3.63) is 24.3 Å². The van der Waals surface area contributed by atoms with Gasteiger partial charge in [0, 0.05) is 25.2 Å². The number of rotatable bonds is 11. The molecule has 0 saturated heterocycles. The zero-order valence-electron chi connectivity index (χ0n) is 17.8. The Morgan fingerprint density at radius 3 is 2.60 bits per heavy atom. The number of benzene rings is 1. The lowest BCUT2D eigenvalue weighted by Gasteiger charge is -2.18. The van der Waals surface area contributed by atoms with Crippen molar-refractivity contribution in [2.45, 2.75) is 44.2 Å². The van der Waals surface area contributed by atoms with E-state index in [0.717, 1.165) is 6.42 Å². The van der Waals surface area contributed by atoms with Crippen LogP contribution in [0.4, 0.5) is 0 Å². The lowest BCUT2D eigenvalue weighted by atomic mass is 10.1. The van der Waals surface area contributed by atoms with Crippen molar-refractivity contribution in [3.63, 3.8) is 0 Å². The zero-order chi connectivity index (χ0) is 22.3. The number of hydrogen-bond acceptors (Lipinski definition) is 7. The van der Waals surface area contributed by atoms with Gasteiger partial charge in [0.2, 0.25) is 21.1 Å². The molecule has 0 aliphatic rings. The van der Waals surface area contributed by atoms with Gasteiger partial charge >= 0.3 is 0 Å². The lowest BCUT2D eigenvalue weighted by molar-refractivity contribution is -0.118. The molecule has 1 aromatic carbocycles. The molecule has 0 saturated carbocycles. The van der Waals surface area contributed by atoms with Crippen molar-refractivity contribution in [1.29, 1.82) is 0 Å². The second-order valence-electron chi connectivity index (χ2n) is 7.11. The number of aromatic nitrogens is 3. The van der Waals surface area contributed by atoms with Crippen molar-refractivity contribution in [1.82, 2.24) is 24.5 Å². The van der Waals surface area contributed by atoms with Crippen molar-refractivity contribution in [3.8, 4) is 11.4 Å². The number of amides is 1. The molecule has 30 heavy (non-hydrogen) atoms. The highest BCUT2D eigenvalue weighted by Crippen LogP contribution is 2.25. The normalized spacial score (nSPS) is 11.9. The number of nitrogens with one attached hydrogen (secondary N) is 1. The number of nitrogens with two attached hydrogens (primary N) is 1. The van der Waals surface area contributed by atoms with Gasteiger partial charge in [-0.2, -0.15) is 4.31 Å². The fourth-order valence-electron chi connectivity index (χ4n) is 2.76. The van der Waals surface area contributed by atoms with Crippen LogP contribution in [0.1, 0.15) is 34.1 Å². The van der Waals surface area contributed by atoms with Gasteiger partial charge in [-0.05, 0) is 24.5 Å². The monoisotopic (exact) mass is 454 g/mol. The van der Waals surface area contributed by atoms with Crippen LogP contribution in [-0.2, 0) is 14.8 Å². The number of hydrogen-bond donors (Lipinski definition) is 2. The summed E-state index contributed by atoms with van der Waals surface area (Å²) in [5, 5.41) is 11.4. The van der Waals surface area contributed by atoms with Crippen LogP contribution in [0.15, 0.2) is 34.3 Å². The van der Waals surface area contributed by atoms with Gasteiger partial charge in [0.25, 0.3) is 0 Å². The number of sulfonamides is 1. The molecule has 2 rings (SSSR count). The van der Waals surface area contributed by atoms with Crippen LogP contribution in [0.5, 0.6) is 0 Å². The smallest absolute Gasteiger partial charge is 0.243 e. The summed E-state index contributed by atoms with van der Waals surface area (Å²) >= 11 is 1.18. The number of carbonyl (C=O) groups is 1. The topological polar surface area (TPSA) is 123 Å². The first-order valence-corrected chi connectivity index (χ1v) is 12.3. The predicted octanol–water partition coefficient (Wildman–Crippen LogP) is 1.94. The van der Waals surface area contributed by atoms with E-state index in [4.69, 9.17) is 5.84 Å². The molecule has 0 fully saturated rings. The van der Waals surface area contributed by atoms with E-state index in [2.05, 4.69) is 29.4 Å². The second-order valence-corrected chi connectivity index (χ2v) is 9.99. The van der Waals surface area contributed by atoms with Crippen LogP contribution < -0.4 is 11.2 Å². The number of nitrogen functional groups attached to an aromatic ring is 1. The van der Waals surface area contributed by atoms with Crippen molar-refractivity contribution in [2.24, 2.45) is 5.92 Å². The molecule has 166 valence electrons. The summed E-state index contributed by atoms with van der Waals surface area (Å²) in [4.78, 5) is 12.1. The summed E-state index contributed by atoms with van der Waals surface area (Å²) in [5.41, 5.74) is 0.534. The Kier molecular flexibility index (Phi) is 8.68. The highest BCUT2D eigenvalue weighted by atomic mass is 32.2. The molecule has 11 heteroatoms. The number of carbonyl (C=O) groups excluding carboxylic acids is 1. The molecule has 0 atom stereocenters. The summed E-state index contributed by atoms with van der Waals surface area (Å²) in [6.07, 6.45) is 0.917. The maximum atomic E-state index is 12.8. The lowest BCUT2D eigenvalue weighted by Crippen LogP contribution is -2.30. The highest BCUT2D eigenvalue weighted by Gasteiger charge is 2.23. The predicted molar refractivity (Wildman–Crippen MR) is 119 cm³/mol. The van der Waals surface area contributed by atoms with Gasteiger partial charge in [0.05, 0.1) is 10.6 Å². The molecular formula is C19H30N6O3S2. The van der Waals surface area contributed by atoms with Crippen LogP contribution in [0.25, 0.3) is 11.4 Å². The van der Waals surface area contributed by atoms with E-state index in [-0.39, 0.29) is 16.6 Å². The molecule has 1 aromatic heterocycles. The summed E-state index contributed by atoms with van der Waals surface area (Å²) in [7, 11) is -3.60. The van der Waals surface area contributed by atoms with Crippen molar-refractivity contribution < 1.29 is 13.2 Å². The SMILES string of the molecule is CCN(CC)S(=O)(=O)c1cccc(-c2nnc(SCC(=O)NCCC(C)C)n2N)c1. The summed E-state index contributed by atoms with van der Waals surface area (Å²) in [6.45, 7) is 9.19. The maximum Gasteiger partial charge on any atom is 0.243 e. The molecule has 0 bridgehead atoms. The van der Waals surface area contributed by atoms with Crippen molar-refractivity contribution in [2.75, 3.05) is 31.2 Å². The van der Waals surface area contributed by atoms with Crippen LogP contribution in [0.2, 0.25) is 0 Å². The van der Waals surface area contributed by atoms with E-state index in [9.17, 15) is 13.2 Å². The van der Waals surface area contributed by atoms with Gasteiger partial charge in [-0.25, -0.2) is 13.1 Å². The van der Waals surface area contributed by atoms with Gasteiger partial charge in [0.15, 0.2) is 5.82 Å². The second kappa shape index (κ2) is 10.8. The van der Waals surface area contributed by atoms with E-state index < -0.39 is 10.0 Å². The van der Waals surface area contributed by atoms with E-state index in [0.29, 0.717) is 42.1 Å². The van der Waals surface area contributed by atoms with Crippen LogP contribution >= 0.6 is 11.8 Å². The standard InChI is InChI=1S/C19H30N6O3S2/c1-5-24(6-2)30(27,28)16-9-7-8-15(12-16)18-22-23-19(25(18)20)29-13-17(26)21-11-10-14(3)4/h7-9,12,14H,5-6,10-11,13,20H2,1-4H3,(H,21,26).